The molecule has 0 saturated carbocycles. The summed E-state index contributed by atoms with van der Waals surface area (Å²) in [4.78, 5) is 27.6. The van der Waals surface area contributed by atoms with Gasteiger partial charge < -0.3 is 14.7 Å². The van der Waals surface area contributed by atoms with E-state index in [1.807, 2.05) is 12.1 Å². The number of nitrogens with zero attached hydrogens (tertiary/aromatic N) is 1. The molecule has 1 amide bonds. The maximum atomic E-state index is 13.1. The van der Waals surface area contributed by atoms with Gasteiger partial charge >= 0.3 is 0 Å². The highest BCUT2D eigenvalue weighted by molar-refractivity contribution is 6.46. The molecular formula is C25H18Cl3NO4. The summed E-state index contributed by atoms with van der Waals surface area (Å²) in [6.07, 6.45) is 0. The fourth-order valence-corrected chi connectivity index (χ4v) is 4.19. The lowest BCUT2D eigenvalue weighted by molar-refractivity contribution is -0.140. The summed E-state index contributed by atoms with van der Waals surface area (Å²) in [6.45, 7) is 0.153. The number of hydrogen-bond donors (Lipinski definition) is 1. The van der Waals surface area contributed by atoms with Crippen LogP contribution in [-0.2, 0) is 16.1 Å². The summed E-state index contributed by atoms with van der Waals surface area (Å²) in [5, 5.41) is 12.1. The van der Waals surface area contributed by atoms with Crippen LogP contribution in [0.4, 0.5) is 0 Å². The van der Waals surface area contributed by atoms with E-state index in [4.69, 9.17) is 39.5 Å². The second-order valence-electron chi connectivity index (χ2n) is 7.46. The van der Waals surface area contributed by atoms with E-state index in [9.17, 15) is 14.7 Å². The van der Waals surface area contributed by atoms with Crippen LogP contribution in [0.25, 0.3) is 5.76 Å². The Labute approximate surface area is 205 Å². The zero-order valence-electron chi connectivity index (χ0n) is 17.4. The third kappa shape index (κ3) is 4.58. The van der Waals surface area contributed by atoms with Gasteiger partial charge in [-0.1, -0.05) is 59.1 Å². The minimum atomic E-state index is -0.821. The molecule has 1 heterocycles. The molecule has 0 aliphatic carbocycles. The van der Waals surface area contributed by atoms with Gasteiger partial charge in [0, 0.05) is 17.1 Å². The molecule has 3 aromatic carbocycles. The number of rotatable bonds is 5. The Morgan fingerprint density at radius 2 is 1.61 bits per heavy atom. The van der Waals surface area contributed by atoms with Crippen LogP contribution in [0.5, 0.6) is 5.75 Å². The lowest BCUT2D eigenvalue weighted by Crippen LogP contribution is -2.29. The van der Waals surface area contributed by atoms with Gasteiger partial charge in [0.25, 0.3) is 11.7 Å². The van der Waals surface area contributed by atoms with E-state index in [0.29, 0.717) is 21.4 Å². The Hall–Kier alpha value is -2.99. The molecule has 0 bridgehead atoms. The summed E-state index contributed by atoms with van der Waals surface area (Å²) in [5.74, 6) is -1.15. The summed E-state index contributed by atoms with van der Waals surface area (Å²) < 4.78 is 5.19. The van der Waals surface area contributed by atoms with Crippen molar-refractivity contribution in [3.05, 3.63) is 104 Å². The second kappa shape index (κ2) is 9.48. The largest absolute Gasteiger partial charge is 0.507 e. The Balaban J connectivity index is 1.83. The fourth-order valence-electron chi connectivity index (χ4n) is 3.76. The highest BCUT2D eigenvalue weighted by Crippen LogP contribution is 2.41. The number of aliphatic hydroxyl groups is 1. The lowest BCUT2D eigenvalue weighted by Gasteiger charge is -2.25. The molecule has 1 unspecified atom stereocenters. The number of likely N-dealkylation sites (tertiary alicyclic amines) is 1. The van der Waals surface area contributed by atoms with Gasteiger partial charge in [-0.05, 0) is 53.6 Å². The number of Topliss-reactive ketones (excluding diaryl/α,β-unsaturated/α-hetero) is 1. The summed E-state index contributed by atoms with van der Waals surface area (Å²) in [7, 11) is 1.57. The van der Waals surface area contributed by atoms with Gasteiger partial charge in [-0.3, -0.25) is 9.59 Å². The zero-order chi connectivity index (χ0) is 23.7. The molecule has 1 N–H and O–H groups in total. The van der Waals surface area contributed by atoms with Crippen molar-refractivity contribution in [2.75, 3.05) is 7.11 Å². The van der Waals surface area contributed by atoms with E-state index in [1.54, 1.807) is 49.6 Å². The van der Waals surface area contributed by atoms with E-state index in [-0.39, 0.29) is 28.5 Å². The van der Waals surface area contributed by atoms with Crippen LogP contribution < -0.4 is 4.74 Å². The normalized spacial score (nSPS) is 17.5. The Morgan fingerprint density at radius 3 is 2.21 bits per heavy atom. The number of carbonyl (C=O) groups excluding carboxylic acids is 2. The zero-order valence-corrected chi connectivity index (χ0v) is 19.7. The molecule has 1 aliphatic rings. The van der Waals surface area contributed by atoms with Crippen LogP contribution in [0, 0.1) is 0 Å². The Bertz CT molecular complexity index is 1250. The number of benzene rings is 3. The highest BCUT2D eigenvalue weighted by Gasteiger charge is 2.46. The van der Waals surface area contributed by atoms with E-state index < -0.39 is 17.7 Å². The van der Waals surface area contributed by atoms with Gasteiger partial charge in [0.15, 0.2) is 0 Å². The maximum absolute atomic E-state index is 13.1. The fraction of sp³-hybridized carbons (Fsp3) is 0.120. The van der Waals surface area contributed by atoms with Gasteiger partial charge in [0.1, 0.15) is 11.5 Å². The van der Waals surface area contributed by atoms with Crippen molar-refractivity contribution in [3.8, 4) is 5.75 Å². The minimum Gasteiger partial charge on any atom is -0.507 e. The minimum absolute atomic E-state index is 0.0331. The van der Waals surface area contributed by atoms with Gasteiger partial charge in [0.05, 0.1) is 28.8 Å². The summed E-state index contributed by atoms with van der Waals surface area (Å²) in [6, 6.07) is 17.7. The third-order valence-corrected chi connectivity index (χ3v) is 6.42. The quantitative estimate of drug-likeness (QED) is 0.253. The topological polar surface area (TPSA) is 66.8 Å². The van der Waals surface area contributed by atoms with Crippen molar-refractivity contribution < 1.29 is 19.4 Å². The summed E-state index contributed by atoms with van der Waals surface area (Å²) >= 11 is 18.1. The SMILES string of the molecule is COc1ccc(CN2C(=O)C(=O)/C(=C(\O)c3ccc(Cl)c(Cl)c3)C2c2ccc(Cl)cc2)cc1. The molecule has 0 aromatic heterocycles. The van der Waals surface area contributed by atoms with Crippen molar-refractivity contribution >= 4 is 52.3 Å². The van der Waals surface area contributed by atoms with E-state index >= 15 is 0 Å². The van der Waals surface area contributed by atoms with E-state index in [1.165, 1.54) is 17.0 Å². The number of halogens is 3. The maximum Gasteiger partial charge on any atom is 0.295 e. The average Bonchev–Trinajstić information content (AvgIpc) is 3.06. The van der Waals surface area contributed by atoms with Crippen LogP contribution in [0.1, 0.15) is 22.7 Å². The molecule has 3 aromatic rings. The third-order valence-electron chi connectivity index (χ3n) is 5.43. The molecule has 1 fully saturated rings. The van der Waals surface area contributed by atoms with Crippen molar-refractivity contribution in [2.24, 2.45) is 0 Å². The first-order valence-electron chi connectivity index (χ1n) is 9.92. The van der Waals surface area contributed by atoms with Crippen molar-refractivity contribution in [1.29, 1.82) is 0 Å². The van der Waals surface area contributed by atoms with E-state index in [2.05, 4.69) is 0 Å². The number of methoxy groups -OCH3 is 1. The first kappa shape index (κ1) is 23.2. The van der Waals surface area contributed by atoms with Crippen molar-refractivity contribution in [3.63, 3.8) is 0 Å². The second-order valence-corrected chi connectivity index (χ2v) is 8.71. The Kier molecular flexibility index (Phi) is 6.66. The van der Waals surface area contributed by atoms with Gasteiger partial charge in [-0.2, -0.15) is 0 Å². The number of amides is 1. The molecule has 1 aliphatic heterocycles. The summed E-state index contributed by atoms with van der Waals surface area (Å²) in [5.41, 5.74) is 1.68. The molecule has 1 saturated heterocycles. The molecule has 168 valence electrons. The number of ketones is 1. The van der Waals surface area contributed by atoms with Crippen LogP contribution in [0.2, 0.25) is 15.1 Å². The first-order chi connectivity index (χ1) is 15.8. The number of carbonyl (C=O) groups is 2. The van der Waals surface area contributed by atoms with Crippen LogP contribution in [-0.4, -0.2) is 28.8 Å². The molecule has 4 rings (SSSR count). The molecule has 1 atom stereocenters. The molecule has 5 nitrogen and oxygen atoms in total. The Morgan fingerprint density at radius 1 is 0.939 bits per heavy atom. The number of ether oxygens (including phenoxy) is 1. The number of hydrogen-bond acceptors (Lipinski definition) is 4. The lowest BCUT2D eigenvalue weighted by atomic mass is 9.95. The van der Waals surface area contributed by atoms with Gasteiger partial charge in [-0.25, -0.2) is 0 Å². The molecule has 0 spiro atoms. The predicted octanol–water partition coefficient (Wildman–Crippen LogP) is 6.28. The van der Waals surface area contributed by atoms with Crippen LogP contribution in [0.3, 0.4) is 0 Å². The van der Waals surface area contributed by atoms with Crippen molar-refractivity contribution in [2.45, 2.75) is 12.6 Å². The monoisotopic (exact) mass is 501 g/mol. The number of aliphatic hydroxyl groups excluding tert-OH is 1. The molecule has 0 radical (unpaired) electrons. The van der Waals surface area contributed by atoms with Crippen molar-refractivity contribution in [1.82, 2.24) is 4.90 Å². The van der Waals surface area contributed by atoms with E-state index in [0.717, 1.165) is 5.56 Å². The van der Waals surface area contributed by atoms with Gasteiger partial charge in [0.2, 0.25) is 0 Å². The molecule has 33 heavy (non-hydrogen) atoms. The van der Waals surface area contributed by atoms with Crippen LogP contribution >= 0.6 is 34.8 Å². The standard InChI is InChI=1S/C25H18Cl3NO4/c1-33-18-9-2-14(3-10-18)13-29-22(15-4-7-17(26)8-5-15)21(24(31)25(29)32)23(30)16-6-11-19(27)20(28)12-16/h2-12,22,30H,13H2,1H3/b23-21-. The molecular weight excluding hydrogens is 485 g/mol. The smallest absolute Gasteiger partial charge is 0.295 e. The highest BCUT2D eigenvalue weighted by atomic mass is 35.5. The average molecular weight is 503 g/mol. The molecule has 8 heteroatoms. The van der Waals surface area contributed by atoms with Crippen LogP contribution in [0.15, 0.2) is 72.3 Å². The first-order valence-corrected chi connectivity index (χ1v) is 11.1. The van der Waals surface area contributed by atoms with Gasteiger partial charge in [-0.15, -0.1) is 0 Å². The predicted molar refractivity (Wildman–Crippen MR) is 129 cm³/mol.